The van der Waals surface area contributed by atoms with Crippen LogP contribution in [-0.4, -0.2) is 55.6 Å². The number of rotatable bonds is 6. The van der Waals surface area contributed by atoms with Gasteiger partial charge in [-0.2, -0.15) is 0 Å². The van der Waals surface area contributed by atoms with Crippen molar-refractivity contribution in [2.75, 3.05) is 39.8 Å². The first-order valence-electron chi connectivity index (χ1n) is 8.01. The Kier molecular flexibility index (Phi) is 6.49. The predicted octanol–water partition coefficient (Wildman–Crippen LogP) is 3.02. The van der Waals surface area contributed by atoms with Gasteiger partial charge in [0.2, 0.25) is 0 Å². The number of likely N-dealkylation sites (N-methyl/N-ethyl adjacent to an activating group) is 1. The first-order chi connectivity index (χ1) is 10.1. The van der Waals surface area contributed by atoms with Gasteiger partial charge in [0.05, 0.1) is 0 Å². The summed E-state index contributed by atoms with van der Waals surface area (Å²) in [5.41, 5.74) is 1.30. The molecule has 0 saturated carbocycles. The molecule has 2 unspecified atom stereocenters. The van der Waals surface area contributed by atoms with E-state index < -0.39 is 0 Å². The summed E-state index contributed by atoms with van der Waals surface area (Å²) in [5, 5.41) is 4.42. The molecule has 4 heteroatoms. The minimum absolute atomic E-state index is 0.389. The quantitative estimate of drug-likeness (QED) is 0.871. The van der Waals surface area contributed by atoms with Gasteiger partial charge in [-0.05, 0) is 44.6 Å². The molecule has 0 bridgehead atoms. The van der Waals surface area contributed by atoms with E-state index in [9.17, 15) is 0 Å². The number of hydrogen-bond donors (Lipinski definition) is 1. The molecule has 1 N–H and O–H groups in total. The highest BCUT2D eigenvalue weighted by Crippen LogP contribution is 2.21. The van der Waals surface area contributed by atoms with E-state index in [4.69, 9.17) is 11.6 Å². The number of piperazine rings is 1. The molecule has 3 nitrogen and oxygen atoms in total. The first kappa shape index (κ1) is 16.8. The first-order valence-corrected chi connectivity index (χ1v) is 8.39. The van der Waals surface area contributed by atoms with Crippen LogP contribution in [0.1, 0.15) is 31.9 Å². The summed E-state index contributed by atoms with van der Waals surface area (Å²) in [6.45, 7) is 10.1. The highest BCUT2D eigenvalue weighted by molar-refractivity contribution is 6.30. The standard InChI is InChI=1S/C17H28ClN3/c1-4-19-17(15-6-5-7-16(18)12-15)8-9-21-11-10-20(3)13-14(21)2/h5-7,12,14,17,19H,4,8-11,13H2,1-3H3. The minimum Gasteiger partial charge on any atom is -0.310 e. The number of nitrogens with one attached hydrogen (secondary N) is 1. The Morgan fingerprint density at radius 3 is 2.86 bits per heavy atom. The molecule has 1 heterocycles. The van der Waals surface area contributed by atoms with Crippen LogP contribution in [0.5, 0.6) is 0 Å². The van der Waals surface area contributed by atoms with Gasteiger partial charge < -0.3 is 10.2 Å². The van der Waals surface area contributed by atoms with Crippen molar-refractivity contribution in [1.29, 1.82) is 0 Å². The lowest BCUT2D eigenvalue weighted by Gasteiger charge is -2.38. The Hall–Kier alpha value is -0.610. The van der Waals surface area contributed by atoms with Crippen LogP contribution >= 0.6 is 11.6 Å². The van der Waals surface area contributed by atoms with Crippen LogP contribution in [0.25, 0.3) is 0 Å². The van der Waals surface area contributed by atoms with Gasteiger partial charge in [0, 0.05) is 43.3 Å². The third-order valence-electron chi connectivity index (χ3n) is 4.37. The molecule has 0 spiro atoms. The molecule has 0 aliphatic carbocycles. The van der Waals surface area contributed by atoms with Gasteiger partial charge in [-0.25, -0.2) is 0 Å². The normalized spacial score (nSPS) is 22.4. The van der Waals surface area contributed by atoms with Gasteiger partial charge in [0.25, 0.3) is 0 Å². The Labute approximate surface area is 134 Å². The van der Waals surface area contributed by atoms with Crippen LogP contribution in [-0.2, 0) is 0 Å². The van der Waals surface area contributed by atoms with E-state index in [2.05, 4.69) is 48.1 Å². The van der Waals surface area contributed by atoms with Crippen molar-refractivity contribution in [3.8, 4) is 0 Å². The summed E-state index contributed by atoms with van der Waals surface area (Å²) in [7, 11) is 2.21. The van der Waals surface area contributed by atoms with Gasteiger partial charge in [0.15, 0.2) is 0 Å². The Bertz CT molecular complexity index is 438. The summed E-state index contributed by atoms with van der Waals surface area (Å²) in [5.74, 6) is 0. The zero-order chi connectivity index (χ0) is 15.2. The Balaban J connectivity index is 1.94. The van der Waals surface area contributed by atoms with E-state index in [1.54, 1.807) is 0 Å². The summed E-state index contributed by atoms with van der Waals surface area (Å²) in [6.07, 6.45) is 1.13. The maximum absolute atomic E-state index is 6.13. The van der Waals surface area contributed by atoms with E-state index in [0.29, 0.717) is 12.1 Å². The molecule has 1 fully saturated rings. The van der Waals surface area contributed by atoms with E-state index in [1.807, 2.05) is 12.1 Å². The molecule has 1 aromatic carbocycles. The third kappa shape index (κ3) is 4.96. The average Bonchev–Trinajstić information content (AvgIpc) is 2.45. The second-order valence-electron chi connectivity index (χ2n) is 6.10. The maximum atomic E-state index is 6.13. The minimum atomic E-state index is 0.389. The van der Waals surface area contributed by atoms with Gasteiger partial charge in [0.1, 0.15) is 0 Å². The molecule has 118 valence electrons. The van der Waals surface area contributed by atoms with Crippen LogP contribution in [0.15, 0.2) is 24.3 Å². The van der Waals surface area contributed by atoms with Crippen LogP contribution < -0.4 is 5.32 Å². The molecule has 0 amide bonds. The van der Waals surface area contributed by atoms with E-state index in [0.717, 1.165) is 24.5 Å². The van der Waals surface area contributed by atoms with Crippen molar-refractivity contribution in [2.45, 2.75) is 32.4 Å². The third-order valence-corrected chi connectivity index (χ3v) is 4.61. The highest BCUT2D eigenvalue weighted by Gasteiger charge is 2.22. The van der Waals surface area contributed by atoms with E-state index >= 15 is 0 Å². The fraction of sp³-hybridized carbons (Fsp3) is 0.647. The molecule has 0 aromatic heterocycles. The molecule has 1 aliphatic heterocycles. The van der Waals surface area contributed by atoms with E-state index in [1.165, 1.54) is 25.2 Å². The van der Waals surface area contributed by atoms with Gasteiger partial charge in [-0.15, -0.1) is 0 Å². The number of benzene rings is 1. The number of nitrogens with zero attached hydrogens (tertiary/aromatic N) is 2. The molecular formula is C17H28ClN3. The lowest BCUT2D eigenvalue weighted by atomic mass is 10.0. The molecule has 2 rings (SSSR count). The number of halogens is 1. The molecule has 1 aliphatic rings. The van der Waals surface area contributed by atoms with Crippen molar-refractivity contribution in [3.05, 3.63) is 34.9 Å². The zero-order valence-electron chi connectivity index (χ0n) is 13.5. The largest absolute Gasteiger partial charge is 0.310 e. The van der Waals surface area contributed by atoms with Crippen LogP contribution in [0.2, 0.25) is 5.02 Å². The van der Waals surface area contributed by atoms with Gasteiger partial charge in [-0.1, -0.05) is 30.7 Å². The molecule has 1 saturated heterocycles. The van der Waals surface area contributed by atoms with Crippen LogP contribution in [0.3, 0.4) is 0 Å². The molecule has 2 atom stereocenters. The second-order valence-corrected chi connectivity index (χ2v) is 6.54. The van der Waals surface area contributed by atoms with Crippen molar-refractivity contribution in [2.24, 2.45) is 0 Å². The topological polar surface area (TPSA) is 18.5 Å². The SMILES string of the molecule is CCNC(CCN1CCN(C)CC1C)c1cccc(Cl)c1. The monoisotopic (exact) mass is 309 g/mol. The maximum Gasteiger partial charge on any atom is 0.0409 e. The predicted molar refractivity (Wildman–Crippen MR) is 91.0 cm³/mol. The fourth-order valence-electron chi connectivity index (χ4n) is 3.16. The summed E-state index contributed by atoms with van der Waals surface area (Å²) in [6, 6.07) is 9.28. The second kappa shape index (κ2) is 8.14. The van der Waals surface area contributed by atoms with Crippen molar-refractivity contribution in [3.63, 3.8) is 0 Å². The highest BCUT2D eigenvalue weighted by atomic mass is 35.5. The fourth-order valence-corrected chi connectivity index (χ4v) is 3.36. The van der Waals surface area contributed by atoms with Crippen LogP contribution in [0.4, 0.5) is 0 Å². The molecule has 21 heavy (non-hydrogen) atoms. The average molecular weight is 310 g/mol. The van der Waals surface area contributed by atoms with Crippen LogP contribution in [0, 0.1) is 0 Å². The molecule has 0 radical (unpaired) electrons. The smallest absolute Gasteiger partial charge is 0.0409 e. The van der Waals surface area contributed by atoms with Crippen molar-refractivity contribution >= 4 is 11.6 Å². The summed E-state index contributed by atoms with van der Waals surface area (Å²) in [4.78, 5) is 5.02. The summed E-state index contributed by atoms with van der Waals surface area (Å²) >= 11 is 6.13. The summed E-state index contributed by atoms with van der Waals surface area (Å²) < 4.78 is 0. The Morgan fingerprint density at radius 1 is 1.38 bits per heavy atom. The Morgan fingerprint density at radius 2 is 2.19 bits per heavy atom. The van der Waals surface area contributed by atoms with E-state index in [-0.39, 0.29) is 0 Å². The van der Waals surface area contributed by atoms with Crippen molar-refractivity contribution in [1.82, 2.24) is 15.1 Å². The molecular weight excluding hydrogens is 282 g/mol. The van der Waals surface area contributed by atoms with Gasteiger partial charge >= 0.3 is 0 Å². The lowest BCUT2D eigenvalue weighted by molar-refractivity contribution is 0.0961. The zero-order valence-corrected chi connectivity index (χ0v) is 14.2. The lowest BCUT2D eigenvalue weighted by Crippen LogP contribution is -2.50. The van der Waals surface area contributed by atoms with Crippen molar-refractivity contribution < 1.29 is 0 Å². The van der Waals surface area contributed by atoms with Gasteiger partial charge in [-0.3, -0.25) is 4.90 Å². The molecule has 1 aromatic rings. The number of hydrogen-bond acceptors (Lipinski definition) is 3.